The molecule has 0 aromatic rings. The Balaban J connectivity index is 2.22. The molecule has 0 bridgehead atoms. The topological polar surface area (TPSA) is 40.5 Å². The summed E-state index contributed by atoms with van der Waals surface area (Å²) >= 11 is 1.87. The number of unbranched alkanes of at least 4 members (excludes halogenated alkanes) is 4. The Kier molecular flexibility index (Phi) is 7.75. The standard InChI is InChI=1S/C14H27NO2S/c1-3-4-5-6-7-10-18-13-11-15(2)9-8-12(13)14(16)17/h12-13H,3-11H2,1-2H3,(H,16,17). The molecule has 4 heteroatoms. The number of carboxylic acid groups (broad SMARTS) is 1. The molecule has 0 radical (unpaired) electrons. The fourth-order valence-electron chi connectivity index (χ4n) is 2.46. The van der Waals surface area contributed by atoms with Crippen molar-refractivity contribution in [1.82, 2.24) is 4.90 Å². The summed E-state index contributed by atoms with van der Waals surface area (Å²) in [5.74, 6) is 0.375. The minimum atomic E-state index is -0.605. The second-order valence-corrected chi connectivity index (χ2v) is 6.67. The number of thioether (sulfide) groups is 1. The summed E-state index contributed by atoms with van der Waals surface area (Å²) in [5.41, 5.74) is 0. The van der Waals surface area contributed by atoms with E-state index in [2.05, 4.69) is 18.9 Å². The first-order valence-corrected chi connectivity index (χ1v) is 8.23. The number of nitrogens with zero attached hydrogens (tertiary/aromatic N) is 1. The summed E-state index contributed by atoms with van der Waals surface area (Å²) in [4.78, 5) is 13.5. The zero-order chi connectivity index (χ0) is 13.4. The molecule has 3 nitrogen and oxygen atoms in total. The van der Waals surface area contributed by atoms with Crippen LogP contribution in [-0.2, 0) is 4.79 Å². The molecule has 0 amide bonds. The molecule has 1 fully saturated rings. The number of aliphatic carboxylic acids is 1. The van der Waals surface area contributed by atoms with Gasteiger partial charge in [-0.25, -0.2) is 0 Å². The molecule has 2 atom stereocenters. The van der Waals surface area contributed by atoms with Crippen molar-refractivity contribution in [3.63, 3.8) is 0 Å². The highest BCUT2D eigenvalue weighted by atomic mass is 32.2. The first-order chi connectivity index (χ1) is 8.65. The summed E-state index contributed by atoms with van der Waals surface area (Å²) in [6.45, 7) is 4.07. The van der Waals surface area contributed by atoms with Crippen LogP contribution in [0.2, 0.25) is 0 Å². The van der Waals surface area contributed by atoms with E-state index in [4.69, 9.17) is 0 Å². The first kappa shape index (κ1) is 15.8. The van der Waals surface area contributed by atoms with E-state index in [0.717, 1.165) is 25.3 Å². The van der Waals surface area contributed by atoms with Crippen molar-refractivity contribution in [2.24, 2.45) is 5.92 Å². The molecule has 0 aliphatic carbocycles. The van der Waals surface area contributed by atoms with Gasteiger partial charge in [-0.15, -0.1) is 0 Å². The smallest absolute Gasteiger partial charge is 0.307 e. The number of hydrogen-bond acceptors (Lipinski definition) is 3. The van der Waals surface area contributed by atoms with Crippen LogP contribution in [0.1, 0.15) is 45.4 Å². The minimum absolute atomic E-state index is 0.137. The molecule has 0 aromatic heterocycles. The summed E-state index contributed by atoms with van der Waals surface area (Å²) in [7, 11) is 2.09. The lowest BCUT2D eigenvalue weighted by Gasteiger charge is -2.34. The minimum Gasteiger partial charge on any atom is -0.481 e. The van der Waals surface area contributed by atoms with E-state index in [-0.39, 0.29) is 11.2 Å². The van der Waals surface area contributed by atoms with Crippen LogP contribution in [0.15, 0.2) is 0 Å². The van der Waals surface area contributed by atoms with Crippen molar-refractivity contribution < 1.29 is 9.90 Å². The highest BCUT2D eigenvalue weighted by molar-refractivity contribution is 7.99. The second-order valence-electron chi connectivity index (χ2n) is 5.32. The van der Waals surface area contributed by atoms with Gasteiger partial charge in [0, 0.05) is 11.8 Å². The third-order valence-electron chi connectivity index (χ3n) is 3.66. The van der Waals surface area contributed by atoms with Gasteiger partial charge >= 0.3 is 5.97 Å². The maximum absolute atomic E-state index is 11.2. The van der Waals surface area contributed by atoms with Crippen molar-refractivity contribution in [3.05, 3.63) is 0 Å². The van der Waals surface area contributed by atoms with Crippen LogP contribution in [0, 0.1) is 5.92 Å². The van der Waals surface area contributed by atoms with Crippen LogP contribution >= 0.6 is 11.8 Å². The van der Waals surface area contributed by atoms with E-state index in [9.17, 15) is 9.90 Å². The number of carboxylic acids is 1. The van der Waals surface area contributed by atoms with Gasteiger partial charge < -0.3 is 10.0 Å². The second kappa shape index (κ2) is 8.81. The highest BCUT2D eigenvalue weighted by Crippen LogP contribution is 2.28. The van der Waals surface area contributed by atoms with Crippen LogP contribution in [0.4, 0.5) is 0 Å². The Bertz CT molecular complexity index is 248. The van der Waals surface area contributed by atoms with Gasteiger partial charge in [-0.2, -0.15) is 11.8 Å². The van der Waals surface area contributed by atoms with Crippen LogP contribution in [0.3, 0.4) is 0 Å². The van der Waals surface area contributed by atoms with E-state index >= 15 is 0 Å². The van der Waals surface area contributed by atoms with Gasteiger partial charge in [0.2, 0.25) is 0 Å². The molecule has 106 valence electrons. The van der Waals surface area contributed by atoms with Gasteiger partial charge in [0.1, 0.15) is 0 Å². The molecule has 1 rings (SSSR count). The quantitative estimate of drug-likeness (QED) is 0.690. The predicted octanol–water partition coefficient (Wildman–Crippen LogP) is 3.09. The largest absolute Gasteiger partial charge is 0.481 e. The lowest BCUT2D eigenvalue weighted by molar-refractivity contribution is -0.142. The molecule has 0 aromatic carbocycles. The molecular formula is C14H27NO2S. The van der Waals surface area contributed by atoms with Crippen LogP contribution in [0.5, 0.6) is 0 Å². The zero-order valence-electron chi connectivity index (χ0n) is 11.7. The van der Waals surface area contributed by atoms with Crippen molar-refractivity contribution in [3.8, 4) is 0 Å². The summed E-state index contributed by atoms with van der Waals surface area (Å²) in [5, 5.41) is 9.52. The van der Waals surface area contributed by atoms with E-state index in [0.29, 0.717) is 0 Å². The van der Waals surface area contributed by atoms with E-state index < -0.39 is 5.97 Å². The van der Waals surface area contributed by atoms with Gasteiger partial charge in [0.25, 0.3) is 0 Å². The lowest BCUT2D eigenvalue weighted by atomic mass is 9.97. The maximum Gasteiger partial charge on any atom is 0.307 e. The summed E-state index contributed by atoms with van der Waals surface area (Å²) in [6, 6.07) is 0. The fraction of sp³-hybridized carbons (Fsp3) is 0.929. The van der Waals surface area contributed by atoms with Crippen LogP contribution in [-0.4, -0.2) is 47.1 Å². The predicted molar refractivity (Wildman–Crippen MR) is 78.2 cm³/mol. The summed E-state index contributed by atoms with van der Waals surface area (Å²) in [6.07, 6.45) is 7.26. The normalized spacial score (nSPS) is 25.2. The first-order valence-electron chi connectivity index (χ1n) is 7.18. The third kappa shape index (κ3) is 5.61. The van der Waals surface area contributed by atoms with Gasteiger partial charge in [0.15, 0.2) is 0 Å². The van der Waals surface area contributed by atoms with Crippen molar-refractivity contribution in [2.45, 2.75) is 50.7 Å². The highest BCUT2D eigenvalue weighted by Gasteiger charge is 2.32. The monoisotopic (exact) mass is 273 g/mol. The lowest BCUT2D eigenvalue weighted by Crippen LogP contribution is -2.43. The molecular weight excluding hydrogens is 246 g/mol. The number of likely N-dealkylation sites (tertiary alicyclic amines) is 1. The zero-order valence-corrected chi connectivity index (χ0v) is 12.5. The Morgan fingerprint density at radius 1 is 1.33 bits per heavy atom. The Hall–Kier alpha value is -0.220. The Morgan fingerprint density at radius 2 is 2.06 bits per heavy atom. The number of piperidine rings is 1. The van der Waals surface area contributed by atoms with E-state index in [1.165, 1.54) is 32.1 Å². The van der Waals surface area contributed by atoms with E-state index in [1.807, 2.05) is 11.8 Å². The number of hydrogen-bond donors (Lipinski definition) is 1. The van der Waals surface area contributed by atoms with Gasteiger partial charge in [-0.1, -0.05) is 32.6 Å². The molecule has 18 heavy (non-hydrogen) atoms. The van der Waals surface area contributed by atoms with Crippen molar-refractivity contribution >= 4 is 17.7 Å². The molecule has 1 aliphatic rings. The van der Waals surface area contributed by atoms with Crippen molar-refractivity contribution in [2.75, 3.05) is 25.9 Å². The average Bonchev–Trinajstić information content (AvgIpc) is 2.33. The SMILES string of the molecule is CCCCCCCSC1CN(C)CCC1C(=O)O. The molecule has 1 heterocycles. The molecule has 0 saturated carbocycles. The fourth-order valence-corrected chi connectivity index (χ4v) is 3.98. The van der Waals surface area contributed by atoms with Crippen LogP contribution in [0.25, 0.3) is 0 Å². The Labute approximate surface area is 115 Å². The molecule has 1 N–H and O–H groups in total. The Morgan fingerprint density at radius 3 is 2.72 bits per heavy atom. The molecule has 1 aliphatic heterocycles. The van der Waals surface area contributed by atoms with Crippen molar-refractivity contribution in [1.29, 1.82) is 0 Å². The molecule has 1 saturated heterocycles. The molecule has 0 spiro atoms. The summed E-state index contributed by atoms with van der Waals surface area (Å²) < 4.78 is 0. The maximum atomic E-state index is 11.2. The van der Waals surface area contributed by atoms with Gasteiger partial charge in [-0.05, 0) is 32.2 Å². The number of rotatable bonds is 8. The van der Waals surface area contributed by atoms with Crippen LogP contribution < -0.4 is 0 Å². The number of carbonyl (C=O) groups is 1. The van der Waals surface area contributed by atoms with E-state index in [1.54, 1.807) is 0 Å². The third-order valence-corrected chi connectivity index (χ3v) is 5.09. The van der Waals surface area contributed by atoms with Gasteiger partial charge in [-0.3, -0.25) is 4.79 Å². The average molecular weight is 273 g/mol. The van der Waals surface area contributed by atoms with Gasteiger partial charge in [0.05, 0.1) is 5.92 Å². The molecule has 2 unspecified atom stereocenters.